The summed E-state index contributed by atoms with van der Waals surface area (Å²) < 4.78 is 12.6. The molecule has 35 heavy (non-hydrogen) atoms. The quantitative estimate of drug-likeness (QED) is 0.369. The zero-order valence-corrected chi connectivity index (χ0v) is 20.2. The van der Waals surface area contributed by atoms with Crippen LogP contribution in [0.4, 0.5) is 0 Å². The molecule has 8 heteroatoms. The fourth-order valence-electron chi connectivity index (χ4n) is 3.88. The van der Waals surface area contributed by atoms with Crippen molar-refractivity contribution in [2.75, 3.05) is 18.1 Å². The van der Waals surface area contributed by atoms with Crippen LogP contribution >= 0.6 is 11.8 Å². The molecule has 1 aliphatic rings. The number of benzene rings is 2. The number of ether oxygens (including phenoxy) is 2. The predicted octanol–water partition coefficient (Wildman–Crippen LogP) is 3.77. The van der Waals surface area contributed by atoms with Crippen molar-refractivity contribution < 1.29 is 24.5 Å². The fourth-order valence-corrected chi connectivity index (χ4v) is 4.65. The van der Waals surface area contributed by atoms with Crippen LogP contribution in [-0.2, 0) is 22.6 Å². The number of carbonyl (C=O) groups is 1. The molecular formula is C27H30N2O5S. The standard InChI is InChI=1S/C27H30N2O5S/c30-12-13-35-18-24-14-25(21-7-5-20(17-31)6-8-21)34-27(33-24)22-9-3-19(4-10-22)15-29-26(32)23-2-1-11-28-16-23/h1-11,16,24-25,27,30-31H,12-15,17-18H2,(H,29,32)/t24-,25+,27+/m0/s1. The molecule has 3 atom stereocenters. The molecule has 0 spiro atoms. The summed E-state index contributed by atoms with van der Waals surface area (Å²) in [6.07, 6.45) is 3.21. The van der Waals surface area contributed by atoms with E-state index in [9.17, 15) is 9.90 Å². The number of rotatable bonds is 10. The van der Waals surface area contributed by atoms with E-state index in [0.29, 0.717) is 24.3 Å². The van der Waals surface area contributed by atoms with Crippen molar-refractivity contribution >= 4 is 17.7 Å². The van der Waals surface area contributed by atoms with Gasteiger partial charge >= 0.3 is 0 Å². The first-order chi connectivity index (χ1) is 17.2. The van der Waals surface area contributed by atoms with E-state index in [1.165, 1.54) is 0 Å². The predicted molar refractivity (Wildman–Crippen MR) is 135 cm³/mol. The molecule has 184 valence electrons. The second kappa shape index (κ2) is 12.8. The molecule has 1 saturated heterocycles. The number of nitrogens with one attached hydrogen (secondary N) is 1. The maximum atomic E-state index is 12.3. The smallest absolute Gasteiger partial charge is 0.253 e. The van der Waals surface area contributed by atoms with Crippen molar-refractivity contribution in [2.24, 2.45) is 0 Å². The van der Waals surface area contributed by atoms with E-state index in [1.54, 1.807) is 36.3 Å². The van der Waals surface area contributed by atoms with Crippen molar-refractivity contribution in [3.63, 3.8) is 0 Å². The number of amides is 1. The van der Waals surface area contributed by atoms with Gasteiger partial charge in [0.2, 0.25) is 0 Å². The summed E-state index contributed by atoms with van der Waals surface area (Å²) in [7, 11) is 0. The highest BCUT2D eigenvalue weighted by Crippen LogP contribution is 2.38. The normalized spacial score (nSPS) is 19.9. The summed E-state index contributed by atoms with van der Waals surface area (Å²) in [5.74, 6) is 1.27. The second-order valence-corrected chi connectivity index (χ2v) is 9.46. The van der Waals surface area contributed by atoms with Gasteiger partial charge < -0.3 is 25.0 Å². The maximum absolute atomic E-state index is 12.3. The minimum Gasteiger partial charge on any atom is -0.396 e. The Morgan fingerprint density at radius 3 is 2.43 bits per heavy atom. The highest BCUT2D eigenvalue weighted by molar-refractivity contribution is 7.99. The van der Waals surface area contributed by atoms with Crippen LogP contribution in [0.15, 0.2) is 73.1 Å². The van der Waals surface area contributed by atoms with Gasteiger partial charge in [0.05, 0.1) is 31.0 Å². The first kappa shape index (κ1) is 25.3. The van der Waals surface area contributed by atoms with E-state index in [1.807, 2.05) is 48.5 Å². The topological polar surface area (TPSA) is 101 Å². The second-order valence-electron chi connectivity index (χ2n) is 8.31. The van der Waals surface area contributed by atoms with Crippen molar-refractivity contribution in [3.05, 3.63) is 101 Å². The number of carbonyl (C=O) groups excluding carboxylic acids is 1. The highest BCUT2D eigenvalue weighted by Gasteiger charge is 2.32. The van der Waals surface area contributed by atoms with E-state index >= 15 is 0 Å². The van der Waals surface area contributed by atoms with Gasteiger partial charge in [0.15, 0.2) is 6.29 Å². The molecule has 1 aliphatic heterocycles. The van der Waals surface area contributed by atoms with E-state index < -0.39 is 6.29 Å². The van der Waals surface area contributed by atoms with Crippen LogP contribution in [0.25, 0.3) is 0 Å². The van der Waals surface area contributed by atoms with Gasteiger partial charge in [-0.25, -0.2) is 0 Å². The first-order valence-corrected chi connectivity index (χ1v) is 12.8. The Kier molecular flexibility index (Phi) is 9.28. The van der Waals surface area contributed by atoms with Gasteiger partial charge in [0, 0.05) is 42.4 Å². The number of hydrogen-bond donors (Lipinski definition) is 3. The molecule has 4 rings (SSSR count). The Morgan fingerprint density at radius 1 is 1.00 bits per heavy atom. The molecule has 2 heterocycles. The molecule has 2 aromatic carbocycles. The molecule has 3 aromatic rings. The number of aliphatic hydroxyl groups is 2. The number of aromatic nitrogens is 1. The van der Waals surface area contributed by atoms with E-state index in [-0.39, 0.29) is 31.3 Å². The lowest BCUT2D eigenvalue weighted by Crippen LogP contribution is -2.31. The van der Waals surface area contributed by atoms with Crippen molar-refractivity contribution in [3.8, 4) is 0 Å². The van der Waals surface area contributed by atoms with Gasteiger partial charge in [-0.15, -0.1) is 0 Å². The summed E-state index contributed by atoms with van der Waals surface area (Å²) in [4.78, 5) is 16.2. The molecule has 0 saturated carbocycles. The van der Waals surface area contributed by atoms with Gasteiger partial charge in [-0.1, -0.05) is 48.5 Å². The zero-order chi connectivity index (χ0) is 24.5. The summed E-state index contributed by atoms with van der Waals surface area (Å²) in [5, 5.41) is 21.4. The average Bonchev–Trinajstić information content (AvgIpc) is 2.92. The van der Waals surface area contributed by atoms with Crippen LogP contribution in [0, 0.1) is 0 Å². The van der Waals surface area contributed by atoms with Gasteiger partial charge in [-0.05, 0) is 28.8 Å². The molecule has 0 aliphatic carbocycles. The van der Waals surface area contributed by atoms with Crippen molar-refractivity contribution in [2.45, 2.75) is 38.1 Å². The zero-order valence-electron chi connectivity index (χ0n) is 19.4. The summed E-state index contributed by atoms with van der Waals surface area (Å²) in [6, 6.07) is 19.1. The average molecular weight is 495 g/mol. The Hall–Kier alpha value is -2.75. The van der Waals surface area contributed by atoms with Crippen molar-refractivity contribution in [1.29, 1.82) is 0 Å². The van der Waals surface area contributed by atoms with E-state index in [4.69, 9.17) is 14.6 Å². The van der Waals surface area contributed by atoms with Gasteiger partial charge in [-0.3, -0.25) is 9.78 Å². The third-order valence-electron chi connectivity index (χ3n) is 5.78. The highest BCUT2D eigenvalue weighted by atomic mass is 32.2. The molecule has 1 amide bonds. The Morgan fingerprint density at radius 2 is 1.74 bits per heavy atom. The lowest BCUT2D eigenvalue weighted by Gasteiger charge is -2.36. The SMILES string of the molecule is O=C(NCc1ccc([C@@H]2O[C@H](CSCCO)C[C@H](c3ccc(CO)cc3)O2)cc1)c1cccnc1. The van der Waals surface area contributed by atoms with Gasteiger partial charge in [0.1, 0.15) is 0 Å². The molecule has 1 aromatic heterocycles. The number of hydrogen-bond acceptors (Lipinski definition) is 7. The molecule has 0 radical (unpaired) electrons. The first-order valence-electron chi connectivity index (χ1n) is 11.6. The number of thioether (sulfide) groups is 1. The number of nitrogens with zero attached hydrogens (tertiary/aromatic N) is 1. The molecule has 0 bridgehead atoms. The Labute approximate surface area is 209 Å². The fraction of sp³-hybridized carbons (Fsp3) is 0.333. The number of aliphatic hydroxyl groups excluding tert-OH is 2. The van der Waals surface area contributed by atoms with E-state index in [2.05, 4.69) is 10.3 Å². The van der Waals surface area contributed by atoms with E-state index in [0.717, 1.165) is 28.0 Å². The van der Waals surface area contributed by atoms with Crippen LogP contribution in [0.3, 0.4) is 0 Å². The summed E-state index contributed by atoms with van der Waals surface area (Å²) in [6.45, 7) is 0.551. The largest absolute Gasteiger partial charge is 0.396 e. The lowest BCUT2D eigenvalue weighted by molar-refractivity contribution is -0.245. The van der Waals surface area contributed by atoms with Gasteiger partial charge in [-0.2, -0.15) is 11.8 Å². The summed E-state index contributed by atoms with van der Waals surface area (Å²) >= 11 is 1.66. The van der Waals surface area contributed by atoms with Crippen LogP contribution in [0.5, 0.6) is 0 Å². The molecule has 3 N–H and O–H groups in total. The van der Waals surface area contributed by atoms with Crippen LogP contribution in [0.2, 0.25) is 0 Å². The van der Waals surface area contributed by atoms with Crippen LogP contribution in [-0.4, -0.2) is 45.3 Å². The Balaban J connectivity index is 1.42. The minimum absolute atomic E-state index is 0.00695. The third kappa shape index (κ3) is 7.13. The minimum atomic E-state index is -0.523. The Bertz CT molecular complexity index is 1060. The molecule has 1 fully saturated rings. The molecule has 7 nitrogen and oxygen atoms in total. The van der Waals surface area contributed by atoms with Crippen LogP contribution < -0.4 is 5.32 Å². The maximum Gasteiger partial charge on any atom is 0.253 e. The van der Waals surface area contributed by atoms with Crippen LogP contribution in [0.1, 0.15) is 51.4 Å². The number of pyridine rings is 1. The van der Waals surface area contributed by atoms with Crippen molar-refractivity contribution in [1.82, 2.24) is 10.3 Å². The molecule has 0 unspecified atom stereocenters. The lowest BCUT2D eigenvalue weighted by atomic mass is 10.0. The summed E-state index contributed by atoms with van der Waals surface area (Å²) in [5.41, 5.74) is 4.30. The monoisotopic (exact) mass is 494 g/mol. The van der Waals surface area contributed by atoms with Gasteiger partial charge in [0.25, 0.3) is 5.91 Å². The molecular weight excluding hydrogens is 464 g/mol. The third-order valence-corrected chi connectivity index (χ3v) is 6.86.